The largest absolute Gasteiger partial charge is 0.380 e. The van der Waals surface area contributed by atoms with E-state index >= 15 is 0 Å². The van der Waals surface area contributed by atoms with E-state index in [1.54, 1.807) is 0 Å². The maximum atomic E-state index is 5.78. The molecular formula is C16H34N2O. The van der Waals surface area contributed by atoms with E-state index in [1.165, 1.54) is 12.8 Å². The summed E-state index contributed by atoms with van der Waals surface area (Å²) in [5, 5.41) is 3.74. The normalized spacial score (nSPS) is 33.0. The summed E-state index contributed by atoms with van der Waals surface area (Å²) in [4.78, 5) is 2.63. The first kappa shape index (κ1) is 16.9. The quantitative estimate of drug-likeness (QED) is 0.720. The summed E-state index contributed by atoms with van der Waals surface area (Å²) in [5.41, 5.74) is 0.530. The number of nitrogens with one attached hydrogen (secondary N) is 1. The summed E-state index contributed by atoms with van der Waals surface area (Å²) >= 11 is 0. The molecule has 1 heterocycles. The molecule has 0 saturated carbocycles. The van der Waals surface area contributed by atoms with Crippen molar-refractivity contribution in [1.29, 1.82) is 0 Å². The van der Waals surface area contributed by atoms with E-state index in [0.29, 0.717) is 5.92 Å². The van der Waals surface area contributed by atoms with Crippen molar-refractivity contribution in [3.63, 3.8) is 0 Å². The lowest BCUT2D eigenvalue weighted by molar-refractivity contribution is -0.00873. The second-order valence-corrected chi connectivity index (χ2v) is 7.01. The summed E-state index contributed by atoms with van der Waals surface area (Å²) < 4.78 is 5.78. The van der Waals surface area contributed by atoms with Gasteiger partial charge >= 0.3 is 0 Å². The predicted octanol–water partition coefficient (Wildman–Crippen LogP) is 2.90. The smallest absolute Gasteiger partial charge is 0.0593 e. The lowest BCUT2D eigenvalue weighted by atomic mass is 9.86. The molecule has 0 aromatic heterocycles. The highest BCUT2D eigenvalue weighted by Crippen LogP contribution is 2.27. The van der Waals surface area contributed by atoms with Crippen LogP contribution in [0.2, 0.25) is 0 Å². The molecule has 2 unspecified atom stereocenters. The fourth-order valence-electron chi connectivity index (χ4n) is 2.61. The van der Waals surface area contributed by atoms with E-state index < -0.39 is 0 Å². The van der Waals surface area contributed by atoms with Crippen molar-refractivity contribution >= 4 is 0 Å². The number of hydrogen-bond donors (Lipinski definition) is 1. The zero-order chi connectivity index (χ0) is 14.5. The van der Waals surface area contributed by atoms with E-state index in [4.69, 9.17) is 4.74 Å². The zero-order valence-electron chi connectivity index (χ0n) is 13.9. The summed E-state index contributed by atoms with van der Waals surface area (Å²) in [5.74, 6) is 0.626. The fraction of sp³-hybridized carbons (Fsp3) is 1.00. The molecule has 114 valence electrons. The van der Waals surface area contributed by atoms with Crippen LogP contribution in [0.4, 0.5) is 0 Å². The van der Waals surface area contributed by atoms with Crippen LogP contribution in [-0.2, 0) is 4.74 Å². The van der Waals surface area contributed by atoms with Gasteiger partial charge in [-0.15, -0.1) is 0 Å². The summed E-state index contributed by atoms with van der Waals surface area (Å²) in [6.45, 7) is 18.7. The van der Waals surface area contributed by atoms with Crippen LogP contribution < -0.4 is 5.32 Å². The van der Waals surface area contributed by atoms with Gasteiger partial charge in [0.1, 0.15) is 0 Å². The minimum atomic E-state index is 0.257. The highest BCUT2D eigenvalue weighted by molar-refractivity contribution is 5.00. The van der Waals surface area contributed by atoms with Gasteiger partial charge in [-0.25, -0.2) is 0 Å². The molecule has 3 nitrogen and oxygen atoms in total. The first-order valence-corrected chi connectivity index (χ1v) is 7.93. The van der Waals surface area contributed by atoms with Crippen molar-refractivity contribution in [2.45, 2.75) is 65.5 Å². The van der Waals surface area contributed by atoms with Gasteiger partial charge in [0.25, 0.3) is 0 Å². The Labute approximate surface area is 120 Å². The fourth-order valence-corrected chi connectivity index (χ4v) is 2.61. The maximum Gasteiger partial charge on any atom is 0.0593 e. The van der Waals surface area contributed by atoms with Gasteiger partial charge < -0.3 is 10.1 Å². The van der Waals surface area contributed by atoms with Gasteiger partial charge in [-0.05, 0) is 32.6 Å². The molecule has 0 amide bonds. The van der Waals surface area contributed by atoms with E-state index in [1.807, 2.05) is 0 Å². The number of rotatable bonds is 7. The first-order chi connectivity index (χ1) is 8.85. The molecule has 1 aliphatic heterocycles. The molecule has 0 aromatic carbocycles. The topological polar surface area (TPSA) is 24.5 Å². The molecule has 19 heavy (non-hydrogen) atoms. The van der Waals surface area contributed by atoms with Gasteiger partial charge in [-0.3, -0.25) is 4.90 Å². The number of piperazine rings is 1. The molecular weight excluding hydrogens is 236 g/mol. The van der Waals surface area contributed by atoms with Gasteiger partial charge in [0.15, 0.2) is 0 Å². The number of ether oxygens (including phenoxy) is 1. The lowest BCUT2D eigenvalue weighted by Gasteiger charge is -2.52. The molecule has 0 spiro atoms. The first-order valence-electron chi connectivity index (χ1n) is 7.93. The molecule has 1 N–H and O–H groups in total. The standard InChI is InChI=1S/C16H34N2O/c1-7-15(5)13-18(9-10-19-11-14(3)4)16(6,8-2)12-17-15/h14,17H,7-13H2,1-6H3. The average Bonchev–Trinajstić information content (AvgIpc) is 2.38. The summed E-state index contributed by atoms with van der Waals surface area (Å²) in [6.07, 6.45) is 2.36. The van der Waals surface area contributed by atoms with Crippen molar-refractivity contribution < 1.29 is 4.74 Å². The van der Waals surface area contributed by atoms with Gasteiger partial charge in [0, 0.05) is 37.3 Å². The van der Waals surface area contributed by atoms with Crippen LogP contribution in [-0.4, -0.2) is 48.8 Å². The monoisotopic (exact) mass is 270 g/mol. The Morgan fingerprint density at radius 3 is 2.42 bits per heavy atom. The van der Waals surface area contributed by atoms with E-state index in [2.05, 4.69) is 51.8 Å². The van der Waals surface area contributed by atoms with Crippen molar-refractivity contribution in [2.24, 2.45) is 5.92 Å². The van der Waals surface area contributed by atoms with Crippen LogP contribution in [0.5, 0.6) is 0 Å². The Balaban J connectivity index is 2.53. The van der Waals surface area contributed by atoms with Crippen molar-refractivity contribution in [3.8, 4) is 0 Å². The SMILES string of the molecule is CCC1(C)CN(CCOCC(C)C)C(C)(CC)CN1. The van der Waals surface area contributed by atoms with Gasteiger partial charge in [-0.1, -0.05) is 27.7 Å². The second-order valence-electron chi connectivity index (χ2n) is 7.01. The maximum absolute atomic E-state index is 5.78. The Morgan fingerprint density at radius 2 is 1.89 bits per heavy atom. The molecule has 1 fully saturated rings. The Morgan fingerprint density at radius 1 is 1.21 bits per heavy atom. The van der Waals surface area contributed by atoms with Gasteiger partial charge in [0.05, 0.1) is 6.61 Å². The van der Waals surface area contributed by atoms with Crippen LogP contribution in [0.3, 0.4) is 0 Å². The lowest BCUT2D eigenvalue weighted by Crippen LogP contribution is -2.68. The van der Waals surface area contributed by atoms with Crippen LogP contribution in [0, 0.1) is 5.92 Å². The van der Waals surface area contributed by atoms with Crippen LogP contribution >= 0.6 is 0 Å². The Hall–Kier alpha value is -0.120. The summed E-state index contributed by atoms with van der Waals surface area (Å²) in [7, 11) is 0. The summed E-state index contributed by atoms with van der Waals surface area (Å²) in [6, 6.07) is 0. The molecule has 0 radical (unpaired) electrons. The molecule has 1 aliphatic rings. The molecule has 2 atom stereocenters. The second kappa shape index (κ2) is 7.05. The zero-order valence-corrected chi connectivity index (χ0v) is 13.9. The van der Waals surface area contributed by atoms with E-state index in [-0.39, 0.29) is 11.1 Å². The molecule has 0 aliphatic carbocycles. The van der Waals surface area contributed by atoms with Crippen LogP contribution in [0.15, 0.2) is 0 Å². The third-order valence-electron chi connectivity index (χ3n) is 4.70. The number of nitrogens with zero attached hydrogens (tertiary/aromatic N) is 1. The van der Waals surface area contributed by atoms with E-state index in [9.17, 15) is 0 Å². The molecule has 0 bridgehead atoms. The molecule has 3 heteroatoms. The van der Waals surface area contributed by atoms with Gasteiger partial charge in [-0.2, -0.15) is 0 Å². The predicted molar refractivity (Wildman–Crippen MR) is 82.6 cm³/mol. The third-order valence-corrected chi connectivity index (χ3v) is 4.70. The minimum absolute atomic E-state index is 0.257. The van der Waals surface area contributed by atoms with Gasteiger partial charge in [0.2, 0.25) is 0 Å². The highest BCUT2D eigenvalue weighted by Gasteiger charge is 2.40. The Bertz CT molecular complexity index is 269. The molecule has 1 rings (SSSR count). The number of hydrogen-bond acceptors (Lipinski definition) is 3. The van der Waals surface area contributed by atoms with Crippen molar-refractivity contribution in [2.75, 3.05) is 32.8 Å². The highest BCUT2D eigenvalue weighted by atomic mass is 16.5. The molecule has 1 saturated heterocycles. The molecule has 0 aromatic rings. The van der Waals surface area contributed by atoms with Crippen LogP contribution in [0.25, 0.3) is 0 Å². The van der Waals surface area contributed by atoms with Crippen molar-refractivity contribution in [1.82, 2.24) is 10.2 Å². The third kappa shape index (κ3) is 4.73. The minimum Gasteiger partial charge on any atom is -0.380 e. The average molecular weight is 270 g/mol. The van der Waals surface area contributed by atoms with Crippen molar-refractivity contribution in [3.05, 3.63) is 0 Å². The Kier molecular flexibility index (Phi) is 6.28. The van der Waals surface area contributed by atoms with E-state index in [0.717, 1.165) is 32.8 Å². The van der Waals surface area contributed by atoms with Crippen LogP contribution in [0.1, 0.15) is 54.4 Å².